The molecule has 2 fully saturated rings. The number of imide groups is 1. The molecule has 3 rings (SSSR count). The van der Waals surface area contributed by atoms with E-state index in [1.54, 1.807) is 12.1 Å². The van der Waals surface area contributed by atoms with E-state index in [-0.39, 0.29) is 30.7 Å². The molecule has 1 atom stereocenters. The van der Waals surface area contributed by atoms with Gasteiger partial charge in [0.05, 0.1) is 12.8 Å². The van der Waals surface area contributed by atoms with Crippen LogP contribution in [0.2, 0.25) is 0 Å². The van der Waals surface area contributed by atoms with Gasteiger partial charge >= 0.3 is 0 Å². The molecule has 1 aromatic carbocycles. The summed E-state index contributed by atoms with van der Waals surface area (Å²) in [6.45, 7) is 0. The molecule has 2 aliphatic rings. The van der Waals surface area contributed by atoms with Crippen LogP contribution in [0.15, 0.2) is 24.3 Å². The van der Waals surface area contributed by atoms with Gasteiger partial charge in [-0.2, -0.15) is 0 Å². The van der Waals surface area contributed by atoms with Crippen LogP contribution in [0.5, 0.6) is 0 Å². The molecule has 1 saturated carbocycles. The fourth-order valence-electron chi connectivity index (χ4n) is 2.66. The Morgan fingerprint density at radius 1 is 1.33 bits per heavy atom. The van der Waals surface area contributed by atoms with Gasteiger partial charge in [-0.1, -0.05) is 12.1 Å². The highest BCUT2D eigenvalue weighted by Crippen LogP contribution is 2.31. The molecule has 0 unspecified atom stereocenters. The summed E-state index contributed by atoms with van der Waals surface area (Å²) in [5, 5.41) is 2.23. The number of carbonyl (C=O) groups excluding carboxylic acids is 3. The third-order valence-electron chi connectivity index (χ3n) is 3.75. The Balaban J connectivity index is 1.76. The van der Waals surface area contributed by atoms with Gasteiger partial charge in [-0.25, -0.2) is 4.39 Å². The van der Waals surface area contributed by atoms with E-state index >= 15 is 0 Å². The number of nitrogens with zero attached hydrogens (tertiary/aromatic N) is 1. The summed E-state index contributed by atoms with van der Waals surface area (Å²) in [4.78, 5) is 37.1. The second-order valence-electron chi connectivity index (χ2n) is 5.47. The fraction of sp³-hybridized carbons (Fsp3) is 0.400. The predicted molar refractivity (Wildman–Crippen MR) is 71.5 cm³/mol. The minimum Gasteiger partial charge on any atom is -0.327 e. The third-order valence-corrected chi connectivity index (χ3v) is 3.75. The summed E-state index contributed by atoms with van der Waals surface area (Å²) >= 11 is 0. The Kier molecular flexibility index (Phi) is 3.45. The number of hydrogen-bond donors (Lipinski definition) is 1. The van der Waals surface area contributed by atoms with Crippen molar-refractivity contribution >= 4 is 17.7 Å². The van der Waals surface area contributed by atoms with Crippen LogP contribution in [0, 0.1) is 5.82 Å². The maximum absolute atomic E-state index is 13.2. The average Bonchev–Trinajstić information content (AvgIpc) is 3.16. The van der Waals surface area contributed by atoms with Gasteiger partial charge in [0.1, 0.15) is 11.9 Å². The van der Waals surface area contributed by atoms with Crippen molar-refractivity contribution in [2.24, 2.45) is 0 Å². The highest BCUT2D eigenvalue weighted by atomic mass is 19.1. The largest absolute Gasteiger partial charge is 0.327 e. The van der Waals surface area contributed by atoms with E-state index in [9.17, 15) is 18.8 Å². The Morgan fingerprint density at radius 2 is 2.10 bits per heavy atom. The molecule has 21 heavy (non-hydrogen) atoms. The van der Waals surface area contributed by atoms with E-state index < -0.39 is 17.8 Å². The molecule has 0 bridgehead atoms. The Bertz CT molecular complexity index is 613. The standard InChI is InChI=1S/C15H15FN2O3/c16-10-3-1-2-9(6-10)7-14(20)18(11-4-5-11)12-8-13(19)17-15(12)21/h1-3,6,11-12H,4-5,7-8H2,(H,17,19,21)/t12-/m0/s1. The first-order chi connectivity index (χ1) is 10.0. The van der Waals surface area contributed by atoms with Crippen LogP contribution < -0.4 is 5.32 Å². The Hall–Kier alpha value is -2.24. The molecule has 5 nitrogen and oxygen atoms in total. The zero-order chi connectivity index (χ0) is 15.0. The highest BCUT2D eigenvalue weighted by Gasteiger charge is 2.44. The van der Waals surface area contributed by atoms with Crippen LogP contribution in [0.25, 0.3) is 0 Å². The summed E-state index contributed by atoms with van der Waals surface area (Å²) in [5.74, 6) is -1.40. The van der Waals surface area contributed by atoms with Crippen molar-refractivity contribution in [1.29, 1.82) is 0 Å². The van der Waals surface area contributed by atoms with E-state index in [0.717, 1.165) is 12.8 Å². The smallest absolute Gasteiger partial charge is 0.249 e. The van der Waals surface area contributed by atoms with Crippen molar-refractivity contribution in [3.63, 3.8) is 0 Å². The lowest BCUT2D eigenvalue weighted by atomic mass is 10.1. The van der Waals surface area contributed by atoms with Gasteiger partial charge in [-0.15, -0.1) is 0 Å². The van der Waals surface area contributed by atoms with Crippen molar-refractivity contribution in [3.8, 4) is 0 Å². The van der Waals surface area contributed by atoms with E-state index in [2.05, 4.69) is 5.32 Å². The molecule has 0 radical (unpaired) electrons. The number of carbonyl (C=O) groups is 3. The van der Waals surface area contributed by atoms with E-state index in [4.69, 9.17) is 0 Å². The van der Waals surface area contributed by atoms with Crippen molar-refractivity contribution in [2.75, 3.05) is 0 Å². The lowest BCUT2D eigenvalue weighted by molar-refractivity contribution is -0.139. The molecular formula is C15H15FN2O3. The number of benzene rings is 1. The van der Waals surface area contributed by atoms with Gasteiger partial charge in [0.25, 0.3) is 0 Å². The lowest BCUT2D eigenvalue weighted by Crippen LogP contribution is -2.46. The topological polar surface area (TPSA) is 66.5 Å². The van der Waals surface area contributed by atoms with Crippen molar-refractivity contribution < 1.29 is 18.8 Å². The first-order valence-electron chi connectivity index (χ1n) is 6.94. The normalized spacial score (nSPS) is 21.3. The summed E-state index contributed by atoms with van der Waals surface area (Å²) in [5.41, 5.74) is 0.565. The number of amides is 3. The molecule has 0 spiro atoms. The summed E-state index contributed by atoms with van der Waals surface area (Å²) in [6.07, 6.45) is 1.73. The predicted octanol–water partition coefficient (Wildman–Crippen LogP) is 0.774. The molecule has 0 aromatic heterocycles. The first-order valence-corrected chi connectivity index (χ1v) is 6.94. The Morgan fingerprint density at radius 3 is 2.67 bits per heavy atom. The number of halogens is 1. The zero-order valence-electron chi connectivity index (χ0n) is 11.3. The molecule has 1 aromatic rings. The second kappa shape index (κ2) is 5.27. The van der Waals surface area contributed by atoms with Crippen LogP contribution >= 0.6 is 0 Å². The van der Waals surface area contributed by atoms with Gasteiger partial charge in [-0.3, -0.25) is 19.7 Å². The molecule has 1 aliphatic carbocycles. The molecule has 110 valence electrons. The molecule has 1 N–H and O–H groups in total. The van der Waals surface area contributed by atoms with Crippen LogP contribution in [-0.2, 0) is 20.8 Å². The minimum atomic E-state index is -0.717. The van der Waals surface area contributed by atoms with Crippen LogP contribution in [0.3, 0.4) is 0 Å². The van der Waals surface area contributed by atoms with Crippen molar-refractivity contribution in [2.45, 2.75) is 37.8 Å². The zero-order valence-corrected chi connectivity index (χ0v) is 11.3. The molecule has 6 heteroatoms. The lowest BCUT2D eigenvalue weighted by Gasteiger charge is -2.26. The third kappa shape index (κ3) is 2.94. The van der Waals surface area contributed by atoms with Crippen LogP contribution in [-0.4, -0.2) is 34.7 Å². The monoisotopic (exact) mass is 290 g/mol. The average molecular weight is 290 g/mol. The molecule has 3 amide bonds. The van der Waals surface area contributed by atoms with E-state index in [1.807, 2.05) is 0 Å². The maximum Gasteiger partial charge on any atom is 0.249 e. The van der Waals surface area contributed by atoms with Crippen molar-refractivity contribution in [1.82, 2.24) is 10.2 Å². The van der Waals surface area contributed by atoms with Gasteiger partial charge in [0, 0.05) is 6.04 Å². The Labute approximate surface area is 121 Å². The number of hydrogen-bond acceptors (Lipinski definition) is 3. The minimum absolute atomic E-state index is 0.0181. The maximum atomic E-state index is 13.2. The van der Waals surface area contributed by atoms with Crippen LogP contribution in [0.4, 0.5) is 4.39 Å². The van der Waals surface area contributed by atoms with Gasteiger partial charge < -0.3 is 4.90 Å². The van der Waals surface area contributed by atoms with E-state index in [1.165, 1.54) is 17.0 Å². The van der Waals surface area contributed by atoms with Gasteiger partial charge in [-0.05, 0) is 30.5 Å². The quantitative estimate of drug-likeness (QED) is 0.833. The second-order valence-corrected chi connectivity index (χ2v) is 5.47. The SMILES string of the molecule is O=C1C[C@H](N(C(=O)Cc2cccc(F)c2)C2CC2)C(=O)N1. The van der Waals surface area contributed by atoms with Crippen LogP contribution in [0.1, 0.15) is 24.8 Å². The summed E-state index contributed by atoms with van der Waals surface area (Å²) in [7, 11) is 0. The molecular weight excluding hydrogens is 275 g/mol. The first kappa shape index (κ1) is 13.7. The summed E-state index contributed by atoms with van der Waals surface area (Å²) < 4.78 is 13.2. The highest BCUT2D eigenvalue weighted by molar-refractivity contribution is 6.07. The molecule has 1 heterocycles. The summed E-state index contributed by atoms with van der Waals surface area (Å²) in [6, 6.07) is 5.15. The van der Waals surface area contributed by atoms with Gasteiger partial charge in [0.2, 0.25) is 17.7 Å². The molecule has 1 saturated heterocycles. The van der Waals surface area contributed by atoms with Crippen molar-refractivity contribution in [3.05, 3.63) is 35.6 Å². The number of nitrogens with one attached hydrogen (secondary N) is 1. The van der Waals surface area contributed by atoms with E-state index in [0.29, 0.717) is 5.56 Å². The number of rotatable bonds is 4. The van der Waals surface area contributed by atoms with Gasteiger partial charge in [0.15, 0.2) is 0 Å². The molecule has 1 aliphatic heterocycles. The fourth-order valence-corrected chi connectivity index (χ4v) is 2.66.